The molecule has 0 saturated carbocycles. The van der Waals surface area contributed by atoms with Crippen molar-refractivity contribution in [2.24, 2.45) is 0 Å². The first kappa shape index (κ1) is 41.3. The molecule has 0 N–H and O–H groups in total. The van der Waals surface area contributed by atoms with Crippen LogP contribution in [0.3, 0.4) is 0 Å². The first-order valence-electron chi connectivity index (χ1n) is 24.0. The van der Waals surface area contributed by atoms with Crippen LogP contribution in [0.1, 0.15) is 60.3 Å². The van der Waals surface area contributed by atoms with E-state index in [1.807, 2.05) is 18.3 Å². The van der Waals surface area contributed by atoms with Crippen molar-refractivity contribution in [1.82, 2.24) is 14.5 Å². The van der Waals surface area contributed by atoms with Crippen LogP contribution in [0.15, 0.2) is 168 Å². The van der Waals surface area contributed by atoms with Crippen LogP contribution in [0, 0.1) is 19.0 Å². The van der Waals surface area contributed by atoms with Gasteiger partial charge in [0.1, 0.15) is 5.58 Å². The number of para-hydroxylation sites is 2. The Balaban J connectivity index is 0.000000238. The summed E-state index contributed by atoms with van der Waals surface area (Å²) in [4.78, 5) is 9.78. The number of aryl methyl sites for hydroxylation is 1. The van der Waals surface area contributed by atoms with Crippen molar-refractivity contribution < 1.29 is 28.6 Å². The minimum atomic E-state index is -2.08. The molecule has 0 saturated heterocycles. The maximum Gasteiger partial charge on any atom is 0 e. The van der Waals surface area contributed by atoms with Crippen LogP contribution in [0.2, 0.25) is 17.3 Å². The SMILES string of the molecule is CC(C)c1cc(-c2ccccc2)cc(C(C)C)c1-n1c(-c2[c-]cc3oc4c(ccc5c6ccccc6ccc54)c3c2)nc2ccccc21.[2H]C([2H])([2H])c1c[c-]c(-c2cc[c]([Ge]([CH3])([CH3])[CH3])cn2)cc1.[Ir]. The van der Waals surface area contributed by atoms with E-state index in [0.717, 1.165) is 61.0 Å². The second-order valence-corrected chi connectivity index (χ2v) is 29.3. The summed E-state index contributed by atoms with van der Waals surface area (Å²) in [5, 5.41) is 6.96. The molecule has 11 aromatic rings. The van der Waals surface area contributed by atoms with Gasteiger partial charge in [-0.25, -0.2) is 0 Å². The molecular formula is C60H53GeIrN3O-2. The fourth-order valence-electron chi connectivity index (χ4n) is 9.02. The van der Waals surface area contributed by atoms with Crippen molar-refractivity contribution in [2.45, 2.75) is 63.7 Å². The van der Waals surface area contributed by atoms with Crippen molar-refractivity contribution in [3.05, 3.63) is 193 Å². The molecule has 3 heterocycles. The Morgan fingerprint density at radius 2 is 1.30 bits per heavy atom. The van der Waals surface area contributed by atoms with E-state index in [1.54, 1.807) is 12.1 Å². The fraction of sp³-hybridized carbons (Fsp3) is 0.167. The molecule has 3 aromatic heterocycles. The predicted molar refractivity (Wildman–Crippen MR) is 277 cm³/mol. The van der Waals surface area contributed by atoms with E-state index in [0.29, 0.717) is 17.4 Å². The normalized spacial score (nSPS) is 12.7. The Bertz CT molecular complexity index is 3560. The number of benzene rings is 8. The predicted octanol–water partition coefficient (Wildman–Crippen LogP) is 16.0. The van der Waals surface area contributed by atoms with Crippen LogP contribution in [0.25, 0.3) is 94.0 Å². The average molecular weight is 1100 g/mol. The first-order chi connectivity index (χ1) is 32.6. The van der Waals surface area contributed by atoms with Crippen LogP contribution < -0.4 is 4.40 Å². The van der Waals surface area contributed by atoms with E-state index >= 15 is 0 Å². The molecule has 0 unspecified atom stereocenters. The monoisotopic (exact) mass is 1100 g/mol. The van der Waals surface area contributed by atoms with E-state index in [-0.39, 0.29) is 20.1 Å². The number of fused-ring (bicyclic) bond motifs is 8. The Labute approximate surface area is 408 Å². The molecular weight excluding hydrogens is 1040 g/mol. The van der Waals surface area contributed by atoms with Gasteiger partial charge in [0.15, 0.2) is 0 Å². The van der Waals surface area contributed by atoms with Crippen molar-refractivity contribution in [3.8, 4) is 39.5 Å². The van der Waals surface area contributed by atoms with E-state index in [2.05, 4.69) is 194 Å². The fourth-order valence-corrected chi connectivity index (χ4v) is 11.2. The van der Waals surface area contributed by atoms with E-state index in [9.17, 15) is 0 Å². The maximum absolute atomic E-state index is 7.35. The number of hydrogen-bond donors (Lipinski definition) is 0. The third kappa shape index (κ3) is 8.45. The van der Waals surface area contributed by atoms with Gasteiger partial charge in [0.25, 0.3) is 0 Å². The molecule has 6 heteroatoms. The molecule has 4 nitrogen and oxygen atoms in total. The van der Waals surface area contributed by atoms with Crippen LogP contribution in [0.4, 0.5) is 0 Å². The van der Waals surface area contributed by atoms with Crippen molar-refractivity contribution in [2.75, 3.05) is 0 Å². The zero-order valence-corrected chi connectivity index (χ0v) is 42.8. The van der Waals surface area contributed by atoms with Crippen molar-refractivity contribution in [3.63, 3.8) is 0 Å². The molecule has 0 amide bonds. The molecule has 0 fully saturated rings. The average Bonchev–Trinajstić information content (AvgIpc) is 3.92. The maximum atomic E-state index is 7.35. The van der Waals surface area contributed by atoms with Gasteiger partial charge >= 0.3 is 110 Å². The number of nitrogens with zero attached hydrogens (tertiary/aromatic N) is 3. The molecule has 8 aromatic carbocycles. The Morgan fingerprint density at radius 1 is 0.621 bits per heavy atom. The molecule has 0 atom stereocenters. The topological polar surface area (TPSA) is 43.9 Å². The van der Waals surface area contributed by atoms with Gasteiger partial charge in [-0.2, -0.15) is 0 Å². The smallest absolute Gasteiger partial charge is 0 e. The molecule has 329 valence electrons. The summed E-state index contributed by atoms with van der Waals surface area (Å²) in [5.74, 6) is 8.46. The van der Waals surface area contributed by atoms with Crippen LogP contribution in [-0.4, -0.2) is 27.8 Å². The van der Waals surface area contributed by atoms with Crippen molar-refractivity contribution in [1.29, 1.82) is 0 Å². The van der Waals surface area contributed by atoms with Crippen molar-refractivity contribution >= 4 is 72.2 Å². The van der Waals surface area contributed by atoms with E-state index in [1.165, 1.54) is 54.6 Å². The van der Waals surface area contributed by atoms with Gasteiger partial charge in [-0.05, 0) is 74.5 Å². The van der Waals surface area contributed by atoms with Gasteiger partial charge < -0.3 is 8.98 Å². The van der Waals surface area contributed by atoms with Crippen LogP contribution >= 0.6 is 0 Å². The minimum Gasteiger partial charge on any atom is 0 e. The zero-order valence-electron chi connectivity index (χ0n) is 41.3. The third-order valence-electron chi connectivity index (χ3n) is 12.6. The summed E-state index contributed by atoms with van der Waals surface area (Å²) in [5.41, 5.74) is 13.0. The van der Waals surface area contributed by atoms with Gasteiger partial charge in [0, 0.05) is 36.6 Å². The number of furan rings is 1. The van der Waals surface area contributed by atoms with Gasteiger partial charge in [-0.1, -0.05) is 124 Å². The summed E-state index contributed by atoms with van der Waals surface area (Å²) in [6.07, 6.45) is 1.95. The van der Waals surface area contributed by atoms with E-state index in [4.69, 9.17) is 13.5 Å². The Hall–Kier alpha value is -6.11. The van der Waals surface area contributed by atoms with Gasteiger partial charge in [0.05, 0.1) is 22.4 Å². The summed E-state index contributed by atoms with van der Waals surface area (Å²) < 4.78 is 32.4. The summed E-state index contributed by atoms with van der Waals surface area (Å²) in [7, 11) is 0. The molecule has 66 heavy (non-hydrogen) atoms. The summed E-state index contributed by atoms with van der Waals surface area (Å²) >= 11 is -1.83. The summed E-state index contributed by atoms with van der Waals surface area (Å²) in [6.45, 7) is 7.09. The number of rotatable bonds is 7. The van der Waals surface area contributed by atoms with Gasteiger partial charge in [0.2, 0.25) is 0 Å². The molecule has 11 rings (SSSR count). The Morgan fingerprint density at radius 3 is 2.00 bits per heavy atom. The molecule has 0 aliphatic carbocycles. The second-order valence-electron chi connectivity index (χ2n) is 18.7. The zero-order chi connectivity index (χ0) is 47.5. The standard InChI is InChI=1S/C45H35N2O.C15H18GeN.Ir/c1-27(2)37-25-32(29-12-6-5-7-13-29)26-38(28(3)4)43(37)47-41-17-11-10-16-40(41)46-45(47)31-19-23-42-39(24-31)36-22-21-34-33-15-9-8-14-30(33)18-20-35(34)44(36)48-42;1-12-5-7-13(8-6-12)15-10-9-14(11-17-15)16(2,3)4;/h5-18,20-28H,1-4H3;5-7,9-11H,1-4H3;/q2*-1;/i;1D3;. The summed E-state index contributed by atoms with van der Waals surface area (Å²) in [6, 6.07) is 61.2. The largest absolute Gasteiger partial charge is 0 e. The Kier molecular flexibility index (Phi) is 11.5. The minimum absolute atomic E-state index is 0. The number of pyridine rings is 1. The number of hydrogen-bond acceptors (Lipinski definition) is 3. The van der Waals surface area contributed by atoms with Crippen LogP contribution in [-0.2, 0) is 20.1 Å². The molecule has 0 spiro atoms. The quantitative estimate of drug-likeness (QED) is 0.0907. The van der Waals surface area contributed by atoms with Gasteiger partial charge in [-0.3, -0.25) is 4.98 Å². The number of aromatic nitrogens is 3. The third-order valence-corrected chi connectivity index (χ3v) is 16.8. The van der Waals surface area contributed by atoms with E-state index < -0.39 is 20.1 Å². The second kappa shape index (κ2) is 18.3. The molecule has 0 aliphatic rings. The molecule has 1 radical (unpaired) electrons. The van der Waals surface area contributed by atoms with Crippen LogP contribution in [0.5, 0.6) is 0 Å². The van der Waals surface area contributed by atoms with Gasteiger partial charge in [-0.15, -0.1) is 23.8 Å². The number of imidazole rings is 1. The molecule has 0 bridgehead atoms. The first-order valence-corrected chi connectivity index (χ1v) is 29.9. The molecule has 0 aliphatic heterocycles.